The average Bonchev–Trinajstić information content (AvgIpc) is 2.97. The summed E-state index contributed by atoms with van der Waals surface area (Å²) in [6.07, 6.45) is 1.77. The number of esters is 1. The van der Waals surface area contributed by atoms with Gasteiger partial charge in [-0.2, -0.15) is 5.26 Å². The van der Waals surface area contributed by atoms with Crippen molar-refractivity contribution in [2.75, 3.05) is 27.9 Å². The molecule has 0 aromatic heterocycles. The fourth-order valence-electron chi connectivity index (χ4n) is 7.16. The SMILES string of the molecule is CC=C(C)C(=O)OC[C@H]1C2=C(C[C@H]3[C@H]4C5=C(C[C@@H]([C@H](C#N)N13)N4C)C(=O)C(C)=C(OC)C5=O)C(=O)C(C)=C(OC)C2=O. The summed E-state index contributed by atoms with van der Waals surface area (Å²) in [5.41, 5.74) is 1.71. The van der Waals surface area contributed by atoms with Crippen molar-refractivity contribution in [3.05, 3.63) is 56.6 Å². The molecule has 0 amide bonds. The Labute approximate surface area is 243 Å². The molecule has 0 N–H and O–H groups in total. The summed E-state index contributed by atoms with van der Waals surface area (Å²) < 4.78 is 16.4. The molecule has 0 spiro atoms. The Morgan fingerprint density at radius 2 is 1.45 bits per heavy atom. The third-order valence-electron chi connectivity index (χ3n) is 9.34. The van der Waals surface area contributed by atoms with Gasteiger partial charge in [-0.25, -0.2) is 4.79 Å². The van der Waals surface area contributed by atoms with Crippen molar-refractivity contribution in [2.45, 2.75) is 70.7 Å². The van der Waals surface area contributed by atoms with Gasteiger partial charge in [0, 0.05) is 51.1 Å². The molecule has 0 aromatic carbocycles. The zero-order chi connectivity index (χ0) is 30.8. The van der Waals surface area contributed by atoms with Crippen molar-refractivity contribution in [2.24, 2.45) is 0 Å². The summed E-state index contributed by atoms with van der Waals surface area (Å²) in [6.45, 7) is 6.05. The number of hydrogen-bond donors (Lipinski definition) is 0. The van der Waals surface area contributed by atoms with E-state index >= 15 is 0 Å². The third-order valence-corrected chi connectivity index (χ3v) is 9.34. The van der Waals surface area contributed by atoms with Crippen LogP contribution in [-0.2, 0) is 38.2 Å². The number of piperazine rings is 1. The third kappa shape index (κ3) is 3.96. The van der Waals surface area contributed by atoms with E-state index in [1.165, 1.54) is 21.1 Å². The number of methoxy groups -OCH3 is 2. The van der Waals surface area contributed by atoms with Crippen molar-refractivity contribution >= 4 is 29.1 Å². The maximum Gasteiger partial charge on any atom is 0.333 e. The Balaban J connectivity index is 1.71. The van der Waals surface area contributed by atoms with E-state index in [-0.39, 0.29) is 70.4 Å². The zero-order valence-corrected chi connectivity index (χ0v) is 24.7. The molecule has 0 aromatic rings. The first-order chi connectivity index (χ1) is 19.9. The largest absolute Gasteiger partial charge is 0.492 e. The smallest absolute Gasteiger partial charge is 0.333 e. The Morgan fingerprint density at radius 3 is 1.98 bits per heavy atom. The standard InChI is InChI=1S/C31H33N3O8/c1-8-13(2)31(39)42-12-21-22-16(25(35)14(3)29(40-6)27(22)37)10-19-24-23-17(26(36)15(4)30(41-7)28(23)38)9-18(33(24)5)20(11-32)34(19)21/h8,18-21,24H,9-10,12H2,1-7H3/t18-,19-,20-,21-,24-/m0/s1. The molecule has 3 aliphatic heterocycles. The number of likely N-dealkylation sites (N-methyl/N-ethyl adjacent to an activating group) is 1. The molecule has 0 saturated carbocycles. The van der Waals surface area contributed by atoms with Gasteiger partial charge < -0.3 is 14.2 Å². The molecule has 2 aliphatic carbocycles. The lowest BCUT2D eigenvalue weighted by Crippen LogP contribution is -2.74. The van der Waals surface area contributed by atoms with Gasteiger partial charge in [0.05, 0.1) is 32.4 Å². The molecule has 5 aliphatic rings. The Kier molecular flexibility index (Phi) is 7.41. The van der Waals surface area contributed by atoms with E-state index in [1.54, 1.807) is 33.9 Å². The van der Waals surface area contributed by atoms with Crippen LogP contribution in [0.1, 0.15) is 40.5 Å². The minimum atomic E-state index is -0.971. The highest BCUT2D eigenvalue weighted by molar-refractivity contribution is 6.26. The monoisotopic (exact) mass is 575 g/mol. The molecule has 2 bridgehead atoms. The molecule has 1 saturated heterocycles. The van der Waals surface area contributed by atoms with E-state index in [0.29, 0.717) is 11.1 Å². The molecule has 5 atom stereocenters. The lowest BCUT2D eigenvalue weighted by Gasteiger charge is -2.60. The van der Waals surface area contributed by atoms with E-state index in [2.05, 4.69) is 6.07 Å². The predicted molar refractivity (Wildman–Crippen MR) is 147 cm³/mol. The highest BCUT2D eigenvalue weighted by Crippen LogP contribution is 2.49. The number of ketones is 4. The number of nitrogens with zero attached hydrogens (tertiary/aromatic N) is 3. The van der Waals surface area contributed by atoms with Crippen LogP contribution in [0.25, 0.3) is 0 Å². The van der Waals surface area contributed by atoms with E-state index in [1.807, 2.05) is 9.80 Å². The molecular weight excluding hydrogens is 542 g/mol. The summed E-state index contributed by atoms with van der Waals surface area (Å²) in [7, 11) is 4.45. The maximum absolute atomic E-state index is 13.8. The molecule has 11 heteroatoms. The van der Waals surface area contributed by atoms with Crippen molar-refractivity contribution in [3.63, 3.8) is 0 Å². The quantitative estimate of drug-likeness (QED) is 0.268. The second kappa shape index (κ2) is 10.6. The first kappa shape index (κ1) is 29.4. The second-order valence-electron chi connectivity index (χ2n) is 11.2. The van der Waals surface area contributed by atoms with Gasteiger partial charge in [-0.1, -0.05) is 6.08 Å². The van der Waals surface area contributed by atoms with Crippen LogP contribution in [0.5, 0.6) is 0 Å². The number of fused-ring (bicyclic) bond motifs is 5. The van der Waals surface area contributed by atoms with Gasteiger partial charge in [-0.3, -0.25) is 29.0 Å². The van der Waals surface area contributed by atoms with Gasteiger partial charge in [0.15, 0.2) is 23.1 Å². The summed E-state index contributed by atoms with van der Waals surface area (Å²) in [5.74, 6) is -2.32. The minimum Gasteiger partial charge on any atom is -0.492 e. The van der Waals surface area contributed by atoms with Crippen LogP contribution in [0, 0.1) is 11.3 Å². The zero-order valence-electron chi connectivity index (χ0n) is 24.7. The van der Waals surface area contributed by atoms with Crippen molar-refractivity contribution < 1.29 is 38.2 Å². The molecule has 1 fully saturated rings. The number of carbonyl (C=O) groups is 5. The van der Waals surface area contributed by atoms with Crippen LogP contribution in [0.15, 0.2) is 56.6 Å². The number of carbonyl (C=O) groups excluding carboxylic acids is 5. The molecule has 3 heterocycles. The number of ether oxygens (including phenoxy) is 3. The first-order valence-electron chi connectivity index (χ1n) is 13.8. The normalized spacial score (nSPS) is 30.2. The lowest BCUT2D eigenvalue weighted by molar-refractivity contribution is -0.143. The molecule has 11 nitrogen and oxygen atoms in total. The molecule has 5 rings (SSSR count). The highest BCUT2D eigenvalue weighted by Gasteiger charge is 2.60. The summed E-state index contributed by atoms with van der Waals surface area (Å²) in [4.78, 5) is 71.3. The van der Waals surface area contributed by atoms with E-state index in [0.717, 1.165) is 0 Å². The van der Waals surface area contributed by atoms with E-state index in [9.17, 15) is 29.2 Å². The summed E-state index contributed by atoms with van der Waals surface area (Å²) in [6, 6.07) is -1.35. The fourth-order valence-corrected chi connectivity index (χ4v) is 7.16. The molecular formula is C31H33N3O8. The second-order valence-corrected chi connectivity index (χ2v) is 11.2. The Morgan fingerprint density at radius 1 is 0.929 bits per heavy atom. The van der Waals surface area contributed by atoms with Crippen molar-refractivity contribution in [1.82, 2.24) is 9.80 Å². The lowest BCUT2D eigenvalue weighted by atomic mass is 9.67. The van der Waals surface area contributed by atoms with Crippen molar-refractivity contribution in [1.29, 1.82) is 5.26 Å². The van der Waals surface area contributed by atoms with Crippen LogP contribution in [-0.4, -0.2) is 97.0 Å². The van der Waals surface area contributed by atoms with E-state index < -0.39 is 47.7 Å². The van der Waals surface area contributed by atoms with Crippen LogP contribution >= 0.6 is 0 Å². The van der Waals surface area contributed by atoms with Gasteiger partial charge >= 0.3 is 5.97 Å². The van der Waals surface area contributed by atoms with Crippen LogP contribution in [0.4, 0.5) is 0 Å². The van der Waals surface area contributed by atoms with Crippen LogP contribution in [0.3, 0.4) is 0 Å². The van der Waals surface area contributed by atoms with Gasteiger partial charge in [0.1, 0.15) is 12.6 Å². The summed E-state index contributed by atoms with van der Waals surface area (Å²) >= 11 is 0. The van der Waals surface area contributed by atoms with Gasteiger partial charge in [-0.15, -0.1) is 0 Å². The van der Waals surface area contributed by atoms with Crippen LogP contribution < -0.4 is 0 Å². The molecule has 42 heavy (non-hydrogen) atoms. The molecule has 0 unspecified atom stereocenters. The Hall–Kier alpha value is -4.14. The summed E-state index contributed by atoms with van der Waals surface area (Å²) in [5, 5.41) is 10.5. The number of Topliss-reactive ketones (excluding diaryl/α,β-unsaturated/α-hetero) is 4. The first-order valence-corrected chi connectivity index (χ1v) is 13.8. The van der Waals surface area contributed by atoms with Crippen LogP contribution in [0.2, 0.25) is 0 Å². The number of allylic oxidation sites excluding steroid dienone is 5. The number of hydrogen-bond acceptors (Lipinski definition) is 11. The Bertz CT molecular complexity index is 1550. The molecule has 220 valence electrons. The highest BCUT2D eigenvalue weighted by atomic mass is 16.5. The average molecular weight is 576 g/mol. The van der Waals surface area contributed by atoms with Gasteiger partial charge in [0.25, 0.3) is 0 Å². The minimum absolute atomic E-state index is 0.0324. The maximum atomic E-state index is 13.8. The van der Waals surface area contributed by atoms with E-state index in [4.69, 9.17) is 14.2 Å². The molecule has 0 radical (unpaired) electrons. The predicted octanol–water partition coefficient (Wildman–Crippen LogP) is 1.65. The number of nitriles is 1. The topological polar surface area (TPSA) is 143 Å². The van der Waals surface area contributed by atoms with Gasteiger partial charge in [-0.05, 0) is 47.6 Å². The van der Waals surface area contributed by atoms with Gasteiger partial charge in [0.2, 0.25) is 11.6 Å². The fraction of sp³-hybridized carbons (Fsp3) is 0.484. The van der Waals surface area contributed by atoms with Crippen molar-refractivity contribution in [3.8, 4) is 6.07 Å². The number of rotatable bonds is 5.